The predicted octanol–water partition coefficient (Wildman–Crippen LogP) is 4.30. The Hall–Kier alpha value is -2.80. The summed E-state index contributed by atoms with van der Waals surface area (Å²) in [5, 5.41) is 4.24. The van der Waals surface area contributed by atoms with E-state index in [-0.39, 0.29) is 0 Å². The Bertz CT molecular complexity index is 1020. The number of esters is 1. The highest BCUT2D eigenvalue weighted by atomic mass is 79.9. The van der Waals surface area contributed by atoms with E-state index in [9.17, 15) is 4.79 Å². The van der Waals surface area contributed by atoms with E-state index < -0.39 is 12.2 Å². The van der Waals surface area contributed by atoms with Gasteiger partial charge >= 0.3 is 5.97 Å². The molecule has 132 valence electrons. The Morgan fingerprint density at radius 3 is 2.81 bits per heavy atom. The fourth-order valence-corrected chi connectivity index (χ4v) is 3.59. The van der Waals surface area contributed by atoms with Gasteiger partial charge < -0.3 is 19.5 Å². The number of methoxy groups -OCH3 is 2. The molecular formula is C19H15BrN2O4. The second-order valence-electron chi connectivity index (χ2n) is 5.72. The van der Waals surface area contributed by atoms with Crippen LogP contribution < -0.4 is 14.8 Å². The number of fused-ring (bicyclic) bond motifs is 2. The van der Waals surface area contributed by atoms with Gasteiger partial charge in [0.1, 0.15) is 5.56 Å². The lowest BCUT2D eigenvalue weighted by atomic mass is 10.1. The maximum Gasteiger partial charge on any atom is 0.344 e. The van der Waals surface area contributed by atoms with Gasteiger partial charge in [0, 0.05) is 21.6 Å². The smallest absolute Gasteiger partial charge is 0.344 e. The van der Waals surface area contributed by atoms with Crippen molar-refractivity contribution < 1.29 is 19.0 Å². The van der Waals surface area contributed by atoms with Crippen molar-refractivity contribution in [3.63, 3.8) is 0 Å². The van der Waals surface area contributed by atoms with Gasteiger partial charge in [-0.15, -0.1) is 0 Å². The molecule has 3 aromatic rings. The first-order chi connectivity index (χ1) is 12.6. The third kappa shape index (κ3) is 2.64. The molecule has 26 heavy (non-hydrogen) atoms. The van der Waals surface area contributed by atoms with Crippen LogP contribution >= 0.6 is 15.9 Å². The number of anilines is 1. The summed E-state index contributed by atoms with van der Waals surface area (Å²) in [6, 6.07) is 11.3. The number of aromatic nitrogens is 1. The quantitative estimate of drug-likeness (QED) is 0.641. The fraction of sp³-hybridized carbons (Fsp3) is 0.158. The van der Waals surface area contributed by atoms with E-state index in [1.807, 2.05) is 24.3 Å². The van der Waals surface area contributed by atoms with Crippen LogP contribution in [-0.4, -0.2) is 25.2 Å². The number of carbonyl (C=O) groups excluding carboxylic acids is 1. The summed E-state index contributed by atoms with van der Waals surface area (Å²) >= 11 is 3.51. The summed E-state index contributed by atoms with van der Waals surface area (Å²) in [4.78, 5) is 16.9. The molecule has 1 atom stereocenters. The average Bonchev–Trinajstić information content (AvgIpc) is 2.96. The topological polar surface area (TPSA) is 69.7 Å². The number of cyclic esters (lactones) is 1. The third-order valence-corrected chi connectivity index (χ3v) is 4.70. The largest absolute Gasteiger partial charge is 0.493 e. The SMILES string of the molecule is COc1ccc2c(c1OC)C(=O)O[C@@H]2Nc1cc(Br)cc2cccnc12. The van der Waals surface area contributed by atoms with Crippen LogP contribution in [0.5, 0.6) is 11.5 Å². The molecule has 7 heteroatoms. The summed E-state index contributed by atoms with van der Waals surface area (Å²) in [6.45, 7) is 0. The zero-order chi connectivity index (χ0) is 18.3. The predicted molar refractivity (Wildman–Crippen MR) is 101 cm³/mol. The highest BCUT2D eigenvalue weighted by molar-refractivity contribution is 9.10. The van der Waals surface area contributed by atoms with E-state index in [1.165, 1.54) is 14.2 Å². The van der Waals surface area contributed by atoms with Crippen molar-refractivity contribution in [3.8, 4) is 11.5 Å². The highest BCUT2D eigenvalue weighted by Crippen LogP contribution is 2.42. The number of rotatable bonds is 4. The van der Waals surface area contributed by atoms with Crippen molar-refractivity contribution in [2.24, 2.45) is 0 Å². The first-order valence-electron chi connectivity index (χ1n) is 7.89. The Balaban J connectivity index is 1.78. The molecule has 4 rings (SSSR count). The van der Waals surface area contributed by atoms with Crippen molar-refractivity contribution in [2.45, 2.75) is 6.23 Å². The van der Waals surface area contributed by atoms with E-state index in [4.69, 9.17) is 14.2 Å². The van der Waals surface area contributed by atoms with Crippen molar-refractivity contribution >= 4 is 38.5 Å². The second kappa shape index (κ2) is 6.49. The van der Waals surface area contributed by atoms with E-state index >= 15 is 0 Å². The minimum atomic E-state index is -0.642. The third-order valence-electron chi connectivity index (χ3n) is 4.25. The van der Waals surface area contributed by atoms with Crippen LogP contribution in [0.2, 0.25) is 0 Å². The summed E-state index contributed by atoms with van der Waals surface area (Å²) < 4.78 is 17.1. The Kier molecular flexibility index (Phi) is 4.16. The molecular weight excluding hydrogens is 400 g/mol. The number of nitrogens with zero attached hydrogens (tertiary/aromatic N) is 1. The molecule has 0 spiro atoms. The normalized spacial score (nSPS) is 15.5. The molecule has 0 bridgehead atoms. The number of benzene rings is 2. The van der Waals surface area contributed by atoms with E-state index in [0.717, 1.165) is 21.1 Å². The molecule has 6 nitrogen and oxygen atoms in total. The van der Waals surface area contributed by atoms with Crippen molar-refractivity contribution in [1.29, 1.82) is 0 Å². The number of nitrogens with one attached hydrogen (secondary N) is 1. The first-order valence-corrected chi connectivity index (χ1v) is 8.68. The van der Waals surface area contributed by atoms with Gasteiger partial charge in [-0.1, -0.05) is 22.0 Å². The second-order valence-corrected chi connectivity index (χ2v) is 6.64. The Morgan fingerprint density at radius 2 is 2.04 bits per heavy atom. The van der Waals surface area contributed by atoms with Gasteiger partial charge in [0.2, 0.25) is 6.23 Å². The summed E-state index contributed by atoms with van der Waals surface area (Å²) in [6.07, 6.45) is 1.08. The number of ether oxygens (including phenoxy) is 3. The van der Waals surface area contributed by atoms with Gasteiger partial charge in [-0.25, -0.2) is 4.79 Å². The van der Waals surface area contributed by atoms with Gasteiger partial charge in [0.15, 0.2) is 11.5 Å². The zero-order valence-electron chi connectivity index (χ0n) is 14.1. The Labute approximate surface area is 158 Å². The lowest BCUT2D eigenvalue weighted by Crippen LogP contribution is -2.11. The van der Waals surface area contributed by atoms with Crippen molar-refractivity contribution in [2.75, 3.05) is 19.5 Å². The number of pyridine rings is 1. The first kappa shape index (κ1) is 16.7. The van der Waals surface area contributed by atoms with Gasteiger partial charge in [0.25, 0.3) is 0 Å². The number of halogens is 1. The molecule has 0 unspecified atom stereocenters. The van der Waals surface area contributed by atoms with Crippen molar-refractivity contribution in [3.05, 3.63) is 58.2 Å². The van der Waals surface area contributed by atoms with Crippen LogP contribution in [0, 0.1) is 0 Å². The fourth-order valence-electron chi connectivity index (χ4n) is 3.11. The zero-order valence-corrected chi connectivity index (χ0v) is 15.7. The number of carbonyl (C=O) groups is 1. The molecule has 0 radical (unpaired) electrons. The minimum Gasteiger partial charge on any atom is -0.493 e. The maximum absolute atomic E-state index is 12.4. The molecule has 1 aromatic heterocycles. The molecule has 0 fully saturated rings. The molecule has 0 saturated carbocycles. The van der Waals surface area contributed by atoms with Crippen LogP contribution in [-0.2, 0) is 4.74 Å². The molecule has 1 aliphatic heterocycles. The van der Waals surface area contributed by atoms with Gasteiger partial charge in [0.05, 0.1) is 25.4 Å². The molecule has 0 saturated heterocycles. The molecule has 1 aliphatic rings. The summed E-state index contributed by atoms with van der Waals surface area (Å²) in [7, 11) is 3.03. The van der Waals surface area contributed by atoms with E-state index in [2.05, 4.69) is 26.2 Å². The number of hydrogen-bond donors (Lipinski definition) is 1. The monoisotopic (exact) mass is 414 g/mol. The van der Waals surface area contributed by atoms with Crippen LogP contribution in [0.25, 0.3) is 10.9 Å². The highest BCUT2D eigenvalue weighted by Gasteiger charge is 2.36. The minimum absolute atomic E-state index is 0.372. The Morgan fingerprint density at radius 1 is 1.19 bits per heavy atom. The molecule has 1 N–H and O–H groups in total. The van der Waals surface area contributed by atoms with Crippen molar-refractivity contribution in [1.82, 2.24) is 4.98 Å². The summed E-state index contributed by atoms with van der Waals surface area (Å²) in [5.41, 5.74) is 2.62. The van der Waals surface area contributed by atoms with Gasteiger partial charge in [-0.05, 0) is 30.3 Å². The maximum atomic E-state index is 12.4. The van der Waals surface area contributed by atoms with Crippen LogP contribution in [0.3, 0.4) is 0 Å². The van der Waals surface area contributed by atoms with Gasteiger partial charge in [-0.3, -0.25) is 4.98 Å². The van der Waals surface area contributed by atoms with Crippen LogP contribution in [0.4, 0.5) is 5.69 Å². The molecule has 0 aliphatic carbocycles. The average molecular weight is 415 g/mol. The standard InChI is InChI=1S/C19H15BrN2O4/c1-24-14-6-5-12-15(17(14)25-2)19(23)26-18(12)22-13-9-11(20)8-10-4-3-7-21-16(10)13/h3-9,18,22H,1-2H3/t18-/m0/s1. The van der Waals surface area contributed by atoms with E-state index in [0.29, 0.717) is 22.6 Å². The van der Waals surface area contributed by atoms with Gasteiger partial charge in [-0.2, -0.15) is 0 Å². The molecule has 2 aromatic carbocycles. The number of hydrogen-bond acceptors (Lipinski definition) is 6. The van der Waals surface area contributed by atoms with E-state index in [1.54, 1.807) is 18.3 Å². The lowest BCUT2D eigenvalue weighted by Gasteiger charge is -2.16. The summed E-state index contributed by atoms with van der Waals surface area (Å²) in [5.74, 6) is 0.399. The van der Waals surface area contributed by atoms with Crippen LogP contribution in [0.15, 0.2) is 47.1 Å². The van der Waals surface area contributed by atoms with Crippen LogP contribution in [0.1, 0.15) is 22.1 Å². The lowest BCUT2D eigenvalue weighted by molar-refractivity contribution is 0.0435. The molecule has 2 heterocycles. The molecule has 0 amide bonds.